The SMILES string of the molecule is Cc1nnc(CN2C(=O)CC3(CCCC3)C2=O)o1. The first-order valence-electron chi connectivity index (χ1n) is 6.24. The van der Waals surface area contributed by atoms with Crippen molar-refractivity contribution in [3.8, 4) is 0 Å². The van der Waals surface area contributed by atoms with Gasteiger partial charge in [-0.05, 0) is 12.8 Å². The number of imide groups is 1. The number of aromatic nitrogens is 2. The molecule has 6 nitrogen and oxygen atoms in total. The molecule has 1 saturated carbocycles. The first-order chi connectivity index (χ1) is 8.61. The maximum absolute atomic E-state index is 12.4. The predicted octanol–water partition coefficient (Wildman–Crippen LogP) is 1.20. The summed E-state index contributed by atoms with van der Waals surface area (Å²) < 4.78 is 5.22. The van der Waals surface area contributed by atoms with Crippen molar-refractivity contribution in [1.82, 2.24) is 15.1 Å². The van der Waals surface area contributed by atoms with Gasteiger partial charge in [0.25, 0.3) is 0 Å². The molecule has 0 N–H and O–H groups in total. The zero-order valence-corrected chi connectivity index (χ0v) is 10.3. The number of carbonyl (C=O) groups is 2. The number of likely N-dealkylation sites (tertiary alicyclic amines) is 1. The average Bonchev–Trinajstić information content (AvgIpc) is 2.99. The van der Waals surface area contributed by atoms with Gasteiger partial charge in [0.05, 0.1) is 5.41 Å². The topological polar surface area (TPSA) is 76.3 Å². The Morgan fingerprint density at radius 1 is 1.28 bits per heavy atom. The van der Waals surface area contributed by atoms with Crippen LogP contribution in [-0.2, 0) is 16.1 Å². The van der Waals surface area contributed by atoms with Crippen molar-refractivity contribution < 1.29 is 14.0 Å². The molecule has 1 aliphatic carbocycles. The van der Waals surface area contributed by atoms with E-state index in [4.69, 9.17) is 4.42 Å². The second kappa shape index (κ2) is 3.90. The van der Waals surface area contributed by atoms with Gasteiger partial charge in [-0.15, -0.1) is 10.2 Å². The second-order valence-electron chi connectivity index (χ2n) is 5.16. The summed E-state index contributed by atoms with van der Waals surface area (Å²) in [5.74, 6) is 0.600. The van der Waals surface area contributed by atoms with E-state index in [-0.39, 0.29) is 18.4 Å². The van der Waals surface area contributed by atoms with Crippen LogP contribution in [0.5, 0.6) is 0 Å². The number of rotatable bonds is 2. The first-order valence-corrected chi connectivity index (χ1v) is 6.24. The average molecular weight is 249 g/mol. The van der Waals surface area contributed by atoms with Crippen LogP contribution in [0, 0.1) is 12.3 Å². The fraction of sp³-hybridized carbons (Fsp3) is 0.667. The lowest BCUT2D eigenvalue weighted by Crippen LogP contribution is -2.34. The fourth-order valence-corrected chi connectivity index (χ4v) is 3.00. The van der Waals surface area contributed by atoms with Crippen molar-refractivity contribution in [3.63, 3.8) is 0 Å². The van der Waals surface area contributed by atoms with Crippen molar-refractivity contribution in [2.24, 2.45) is 5.41 Å². The lowest BCUT2D eigenvalue weighted by atomic mass is 9.84. The molecule has 0 bridgehead atoms. The van der Waals surface area contributed by atoms with Crippen molar-refractivity contribution in [2.75, 3.05) is 0 Å². The van der Waals surface area contributed by atoms with E-state index in [9.17, 15) is 9.59 Å². The third kappa shape index (κ3) is 1.63. The Bertz CT molecular complexity index is 502. The summed E-state index contributed by atoms with van der Waals surface area (Å²) in [6.07, 6.45) is 4.08. The highest BCUT2D eigenvalue weighted by Crippen LogP contribution is 2.47. The highest BCUT2D eigenvalue weighted by atomic mass is 16.4. The van der Waals surface area contributed by atoms with Crippen LogP contribution in [0.15, 0.2) is 4.42 Å². The lowest BCUT2D eigenvalue weighted by molar-refractivity contribution is -0.142. The van der Waals surface area contributed by atoms with Gasteiger partial charge in [-0.1, -0.05) is 12.8 Å². The molecule has 3 rings (SSSR count). The molecule has 0 unspecified atom stereocenters. The molecule has 6 heteroatoms. The van der Waals surface area contributed by atoms with Gasteiger partial charge in [0.1, 0.15) is 6.54 Å². The van der Waals surface area contributed by atoms with Crippen molar-refractivity contribution >= 4 is 11.8 Å². The van der Waals surface area contributed by atoms with Gasteiger partial charge < -0.3 is 4.42 Å². The molecule has 18 heavy (non-hydrogen) atoms. The minimum absolute atomic E-state index is 0.0548. The standard InChI is InChI=1S/C12H15N3O3/c1-8-13-14-9(18-8)7-15-10(16)6-12(11(15)17)4-2-3-5-12/h2-7H2,1H3. The van der Waals surface area contributed by atoms with E-state index in [2.05, 4.69) is 10.2 Å². The molecule has 0 aromatic carbocycles. The Morgan fingerprint density at radius 3 is 2.61 bits per heavy atom. The van der Waals surface area contributed by atoms with Gasteiger partial charge in [0, 0.05) is 13.3 Å². The summed E-state index contributed by atoms with van der Waals surface area (Å²) in [6.45, 7) is 1.79. The summed E-state index contributed by atoms with van der Waals surface area (Å²) in [5.41, 5.74) is -0.424. The number of carbonyl (C=O) groups excluding carboxylic acids is 2. The molecule has 1 aromatic heterocycles. The van der Waals surface area contributed by atoms with Gasteiger partial charge in [-0.25, -0.2) is 0 Å². The Balaban J connectivity index is 1.80. The molecule has 2 amide bonds. The van der Waals surface area contributed by atoms with Gasteiger partial charge in [-0.2, -0.15) is 0 Å². The Hall–Kier alpha value is -1.72. The molecular weight excluding hydrogens is 234 g/mol. The molecule has 96 valence electrons. The van der Waals surface area contributed by atoms with Gasteiger partial charge >= 0.3 is 0 Å². The minimum Gasteiger partial charge on any atom is -0.424 e. The monoisotopic (exact) mass is 249 g/mol. The van der Waals surface area contributed by atoms with Gasteiger partial charge in [0.15, 0.2) is 0 Å². The van der Waals surface area contributed by atoms with Crippen LogP contribution in [0.1, 0.15) is 43.9 Å². The summed E-state index contributed by atoms with van der Waals surface area (Å²) in [4.78, 5) is 25.6. The molecule has 1 saturated heterocycles. The minimum atomic E-state index is -0.424. The quantitative estimate of drug-likeness (QED) is 0.736. The fourth-order valence-electron chi connectivity index (χ4n) is 3.00. The molecule has 1 spiro atoms. The van der Waals surface area contributed by atoms with Crippen LogP contribution < -0.4 is 0 Å². The molecule has 2 fully saturated rings. The Morgan fingerprint density at radius 2 is 2.00 bits per heavy atom. The third-order valence-electron chi connectivity index (χ3n) is 3.91. The molecule has 2 heterocycles. The second-order valence-corrected chi connectivity index (χ2v) is 5.16. The van der Waals surface area contributed by atoms with Crippen LogP contribution in [-0.4, -0.2) is 26.9 Å². The lowest BCUT2D eigenvalue weighted by Gasteiger charge is -2.19. The molecule has 1 aliphatic heterocycles. The van der Waals surface area contributed by atoms with E-state index in [0.29, 0.717) is 18.2 Å². The normalized spacial score (nSPS) is 22.4. The third-order valence-corrected chi connectivity index (χ3v) is 3.91. The van der Waals surface area contributed by atoms with Crippen molar-refractivity contribution in [3.05, 3.63) is 11.8 Å². The van der Waals surface area contributed by atoms with Crippen LogP contribution in [0.25, 0.3) is 0 Å². The van der Waals surface area contributed by atoms with Crippen LogP contribution in [0.2, 0.25) is 0 Å². The molecule has 0 radical (unpaired) electrons. The number of hydrogen-bond acceptors (Lipinski definition) is 5. The van der Waals surface area contributed by atoms with E-state index in [1.165, 1.54) is 4.90 Å². The summed E-state index contributed by atoms with van der Waals surface area (Å²) in [6, 6.07) is 0. The predicted molar refractivity (Wildman–Crippen MR) is 60.1 cm³/mol. The van der Waals surface area contributed by atoms with Crippen LogP contribution in [0.3, 0.4) is 0 Å². The largest absolute Gasteiger partial charge is 0.424 e. The van der Waals surface area contributed by atoms with Crippen molar-refractivity contribution in [2.45, 2.75) is 45.6 Å². The summed E-state index contributed by atoms with van der Waals surface area (Å²) >= 11 is 0. The smallest absolute Gasteiger partial charge is 0.236 e. The summed E-state index contributed by atoms with van der Waals surface area (Å²) in [7, 11) is 0. The van der Waals surface area contributed by atoms with E-state index in [0.717, 1.165) is 25.7 Å². The highest BCUT2D eigenvalue weighted by Gasteiger charge is 2.52. The molecule has 0 atom stereocenters. The first kappa shape index (κ1) is 11.4. The Kier molecular flexibility index (Phi) is 2.46. The van der Waals surface area contributed by atoms with E-state index in [1.807, 2.05) is 0 Å². The summed E-state index contributed by atoms with van der Waals surface area (Å²) in [5, 5.41) is 7.53. The van der Waals surface area contributed by atoms with Crippen molar-refractivity contribution in [1.29, 1.82) is 0 Å². The highest BCUT2D eigenvalue weighted by molar-refractivity contribution is 6.05. The van der Waals surface area contributed by atoms with Crippen LogP contribution >= 0.6 is 0 Å². The Labute approximate surface area is 104 Å². The molecular formula is C12H15N3O3. The number of amides is 2. The van der Waals surface area contributed by atoms with Crippen LogP contribution in [0.4, 0.5) is 0 Å². The zero-order valence-electron chi connectivity index (χ0n) is 10.3. The number of nitrogens with zero attached hydrogens (tertiary/aromatic N) is 3. The molecule has 2 aliphatic rings. The maximum Gasteiger partial charge on any atom is 0.236 e. The number of aryl methyl sites for hydroxylation is 1. The van der Waals surface area contributed by atoms with E-state index in [1.54, 1.807) is 6.92 Å². The van der Waals surface area contributed by atoms with E-state index >= 15 is 0 Å². The maximum atomic E-state index is 12.4. The number of hydrogen-bond donors (Lipinski definition) is 0. The van der Waals surface area contributed by atoms with E-state index < -0.39 is 5.41 Å². The van der Waals surface area contributed by atoms with Gasteiger partial charge in [-0.3, -0.25) is 14.5 Å². The zero-order chi connectivity index (χ0) is 12.8. The van der Waals surface area contributed by atoms with Gasteiger partial charge in [0.2, 0.25) is 23.6 Å². The molecule has 1 aromatic rings.